The van der Waals surface area contributed by atoms with Gasteiger partial charge < -0.3 is 10.6 Å². The van der Waals surface area contributed by atoms with E-state index >= 15 is 0 Å². The minimum absolute atomic E-state index is 0.0489. The second kappa shape index (κ2) is 4.85. The Morgan fingerprint density at radius 3 is 2.81 bits per heavy atom. The quantitative estimate of drug-likeness (QED) is 0.845. The Balaban J connectivity index is 1.80. The average Bonchev–Trinajstić information content (AvgIpc) is 2.95. The van der Waals surface area contributed by atoms with Crippen LogP contribution in [0.1, 0.15) is 13.3 Å². The number of hydrogen-bond donors (Lipinski definition) is 2. The smallest absolute Gasteiger partial charge is 0.238 e. The second-order valence-electron chi connectivity index (χ2n) is 4.23. The fourth-order valence-corrected chi connectivity index (χ4v) is 1.77. The Morgan fingerprint density at radius 2 is 2.19 bits per heavy atom. The van der Waals surface area contributed by atoms with Gasteiger partial charge in [-0.05, 0) is 24.5 Å². The molecule has 0 aromatic heterocycles. The van der Waals surface area contributed by atoms with Crippen molar-refractivity contribution in [3.05, 3.63) is 29.3 Å². The van der Waals surface area contributed by atoms with Gasteiger partial charge in [0, 0.05) is 6.04 Å². The first-order valence-corrected chi connectivity index (χ1v) is 5.82. The van der Waals surface area contributed by atoms with E-state index in [4.69, 9.17) is 11.6 Å². The maximum absolute atomic E-state index is 11.6. The summed E-state index contributed by atoms with van der Waals surface area (Å²) in [5.41, 5.74) is 0.666. The number of hydrogen-bond acceptors (Lipinski definition) is 2. The van der Waals surface area contributed by atoms with Crippen LogP contribution >= 0.6 is 11.6 Å². The van der Waals surface area contributed by atoms with Crippen molar-refractivity contribution in [2.45, 2.75) is 19.4 Å². The van der Waals surface area contributed by atoms with Gasteiger partial charge in [0.2, 0.25) is 5.91 Å². The molecule has 4 heteroatoms. The van der Waals surface area contributed by atoms with Crippen molar-refractivity contribution in [1.82, 2.24) is 5.32 Å². The normalized spacial score (nSPS) is 22.9. The van der Waals surface area contributed by atoms with Crippen LogP contribution in [-0.2, 0) is 4.79 Å². The molecule has 0 spiro atoms. The molecule has 0 saturated heterocycles. The third-order valence-electron chi connectivity index (χ3n) is 2.78. The van der Waals surface area contributed by atoms with Gasteiger partial charge in [-0.15, -0.1) is 0 Å². The molecule has 2 atom stereocenters. The SMILES string of the molecule is CC1CC1NCC(=O)Nc1ccccc1Cl. The maximum atomic E-state index is 11.6. The number of rotatable bonds is 4. The van der Waals surface area contributed by atoms with Gasteiger partial charge in [-0.2, -0.15) is 0 Å². The molecule has 0 radical (unpaired) electrons. The number of amides is 1. The first-order chi connectivity index (χ1) is 7.66. The molecular weight excluding hydrogens is 224 g/mol. The van der Waals surface area contributed by atoms with Gasteiger partial charge in [0.25, 0.3) is 0 Å². The molecule has 3 nitrogen and oxygen atoms in total. The Labute approximate surface area is 100 Å². The summed E-state index contributed by atoms with van der Waals surface area (Å²) in [4.78, 5) is 11.6. The van der Waals surface area contributed by atoms with E-state index in [-0.39, 0.29) is 5.91 Å². The van der Waals surface area contributed by atoms with Crippen molar-refractivity contribution in [2.24, 2.45) is 5.92 Å². The lowest BCUT2D eigenvalue weighted by molar-refractivity contribution is -0.115. The summed E-state index contributed by atoms with van der Waals surface area (Å²) in [5.74, 6) is 0.653. The largest absolute Gasteiger partial charge is 0.324 e. The third-order valence-corrected chi connectivity index (χ3v) is 3.11. The number of para-hydroxylation sites is 1. The van der Waals surface area contributed by atoms with E-state index in [1.165, 1.54) is 6.42 Å². The number of carbonyl (C=O) groups excluding carboxylic acids is 1. The minimum atomic E-state index is -0.0489. The van der Waals surface area contributed by atoms with Crippen LogP contribution in [0.5, 0.6) is 0 Å². The topological polar surface area (TPSA) is 41.1 Å². The van der Waals surface area contributed by atoms with Crippen molar-refractivity contribution in [2.75, 3.05) is 11.9 Å². The molecule has 16 heavy (non-hydrogen) atoms. The van der Waals surface area contributed by atoms with Crippen LogP contribution in [0.2, 0.25) is 5.02 Å². The molecule has 1 amide bonds. The number of nitrogens with one attached hydrogen (secondary N) is 2. The van der Waals surface area contributed by atoms with Crippen LogP contribution in [-0.4, -0.2) is 18.5 Å². The van der Waals surface area contributed by atoms with Crippen molar-refractivity contribution in [3.63, 3.8) is 0 Å². The Hall–Kier alpha value is -1.06. The zero-order valence-corrected chi connectivity index (χ0v) is 9.92. The first-order valence-electron chi connectivity index (χ1n) is 5.44. The molecular formula is C12H15ClN2O. The lowest BCUT2D eigenvalue weighted by atomic mass is 10.3. The highest BCUT2D eigenvalue weighted by atomic mass is 35.5. The van der Waals surface area contributed by atoms with Crippen molar-refractivity contribution in [1.29, 1.82) is 0 Å². The fraction of sp³-hybridized carbons (Fsp3) is 0.417. The van der Waals surface area contributed by atoms with Crippen LogP contribution in [0.15, 0.2) is 24.3 Å². The van der Waals surface area contributed by atoms with Crippen LogP contribution in [0, 0.1) is 5.92 Å². The van der Waals surface area contributed by atoms with E-state index < -0.39 is 0 Å². The van der Waals surface area contributed by atoms with Gasteiger partial charge in [-0.25, -0.2) is 0 Å². The van der Waals surface area contributed by atoms with Gasteiger partial charge in [0.05, 0.1) is 17.3 Å². The van der Waals surface area contributed by atoms with E-state index in [0.717, 1.165) is 0 Å². The monoisotopic (exact) mass is 238 g/mol. The van der Waals surface area contributed by atoms with Crippen molar-refractivity contribution < 1.29 is 4.79 Å². The summed E-state index contributed by atoms with van der Waals surface area (Å²) in [7, 11) is 0. The molecule has 1 saturated carbocycles. The zero-order valence-electron chi connectivity index (χ0n) is 9.16. The van der Waals surface area contributed by atoms with Gasteiger partial charge in [-0.3, -0.25) is 4.79 Å². The molecule has 1 aromatic rings. The van der Waals surface area contributed by atoms with E-state index in [1.807, 2.05) is 12.1 Å². The lowest BCUT2D eigenvalue weighted by Crippen LogP contribution is -2.30. The second-order valence-corrected chi connectivity index (χ2v) is 4.64. The maximum Gasteiger partial charge on any atom is 0.238 e. The summed E-state index contributed by atoms with van der Waals surface area (Å²) < 4.78 is 0. The third kappa shape index (κ3) is 2.97. The highest BCUT2D eigenvalue weighted by Gasteiger charge is 2.32. The first kappa shape index (κ1) is 11.4. The van der Waals surface area contributed by atoms with E-state index in [9.17, 15) is 4.79 Å². The molecule has 0 bridgehead atoms. The van der Waals surface area contributed by atoms with E-state index in [0.29, 0.717) is 29.2 Å². The van der Waals surface area contributed by atoms with E-state index in [2.05, 4.69) is 17.6 Å². The van der Waals surface area contributed by atoms with Crippen LogP contribution in [0.3, 0.4) is 0 Å². The summed E-state index contributed by atoms with van der Waals surface area (Å²) in [6, 6.07) is 7.74. The van der Waals surface area contributed by atoms with Crippen molar-refractivity contribution >= 4 is 23.2 Å². The predicted octanol–water partition coefficient (Wildman–Crippen LogP) is 2.28. The molecule has 0 aliphatic heterocycles. The molecule has 1 aliphatic rings. The Bertz CT molecular complexity index is 394. The van der Waals surface area contributed by atoms with Gasteiger partial charge in [0.15, 0.2) is 0 Å². The predicted molar refractivity (Wildman–Crippen MR) is 65.7 cm³/mol. The Morgan fingerprint density at radius 1 is 1.50 bits per heavy atom. The minimum Gasteiger partial charge on any atom is -0.324 e. The van der Waals surface area contributed by atoms with Crippen molar-refractivity contribution in [3.8, 4) is 0 Å². The van der Waals surface area contributed by atoms with Crippen LogP contribution < -0.4 is 10.6 Å². The molecule has 1 fully saturated rings. The number of anilines is 1. The molecule has 2 N–H and O–H groups in total. The number of benzene rings is 1. The van der Waals surface area contributed by atoms with E-state index in [1.54, 1.807) is 12.1 Å². The molecule has 1 aromatic carbocycles. The molecule has 2 unspecified atom stereocenters. The molecule has 86 valence electrons. The van der Waals surface area contributed by atoms with Crippen LogP contribution in [0.4, 0.5) is 5.69 Å². The lowest BCUT2D eigenvalue weighted by Gasteiger charge is -2.07. The highest BCUT2D eigenvalue weighted by Crippen LogP contribution is 2.28. The summed E-state index contributed by atoms with van der Waals surface area (Å²) >= 11 is 5.93. The summed E-state index contributed by atoms with van der Waals surface area (Å²) in [6.45, 7) is 2.52. The zero-order chi connectivity index (χ0) is 11.5. The molecule has 1 aliphatic carbocycles. The Kier molecular flexibility index (Phi) is 3.46. The highest BCUT2D eigenvalue weighted by molar-refractivity contribution is 6.33. The summed E-state index contributed by atoms with van der Waals surface area (Å²) in [5, 5.41) is 6.53. The standard InChI is InChI=1S/C12H15ClN2O/c1-8-6-11(8)14-7-12(16)15-10-5-3-2-4-9(10)13/h2-5,8,11,14H,6-7H2,1H3,(H,15,16). The number of halogens is 1. The molecule has 2 rings (SSSR count). The number of carbonyl (C=O) groups is 1. The summed E-state index contributed by atoms with van der Waals surface area (Å²) in [6.07, 6.45) is 1.17. The van der Waals surface area contributed by atoms with Crippen LogP contribution in [0.25, 0.3) is 0 Å². The van der Waals surface area contributed by atoms with Gasteiger partial charge in [-0.1, -0.05) is 30.7 Å². The van der Waals surface area contributed by atoms with Gasteiger partial charge in [0.1, 0.15) is 0 Å². The average molecular weight is 239 g/mol. The fourth-order valence-electron chi connectivity index (χ4n) is 1.59. The van der Waals surface area contributed by atoms with Gasteiger partial charge >= 0.3 is 0 Å². The molecule has 0 heterocycles.